The van der Waals surface area contributed by atoms with Crippen LogP contribution in [0.5, 0.6) is 23.0 Å². The van der Waals surface area contributed by atoms with E-state index in [-0.39, 0.29) is 17.0 Å². The third-order valence-corrected chi connectivity index (χ3v) is 5.83. The molecule has 1 unspecified atom stereocenters. The first kappa shape index (κ1) is 19.8. The number of halogens is 1. The second-order valence-electron chi connectivity index (χ2n) is 7.03. The monoisotopic (exact) mass is 436 g/mol. The first-order valence-electron chi connectivity index (χ1n) is 8.98. The summed E-state index contributed by atoms with van der Waals surface area (Å²) in [4.78, 5) is 1.53. The van der Waals surface area contributed by atoms with Crippen LogP contribution >= 0.6 is 17.0 Å². The predicted molar refractivity (Wildman–Crippen MR) is 110 cm³/mol. The van der Waals surface area contributed by atoms with E-state index in [0.29, 0.717) is 6.04 Å². The molecular formula is C21H27BrNO4+. The van der Waals surface area contributed by atoms with Gasteiger partial charge in [-0.2, -0.15) is 0 Å². The number of fused-ring (bicyclic) bond motifs is 2. The summed E-state index contributed by atoms with van der Waals surface area (Å²) in [7, 11) is 9.05. The maximum absolute atomic E-state index is 5.82. The Hall–Kier alpha value is -1.92. The third kappa shape index (κ3) is 2.95. The Morgan fingerprint density at radius 1 is 0.852 bits per heavy atom. The van der Waals surface area contributed by atoms with Crippen LogP contribution in [0, 0.1) is 0 Å². The summed E-state index contributed by atoms with van der Waals surface area (Å²) in [5.41, 5.74) is 6.33. The number of nitrogens with one attached hydrogen (secondary N) is 1. The minimum Gasteiger partial charge on any atom is -0.493 e. The molecule has 5 nitrogen and oxygen atoms in total. The number of likely N-dealkylation sites (N-methyl/N-ethyl adjacent to an activating group) is 1. The summed E-state index contributed by atoms with van der Waals surface area (Å²) in [5, 5.41) is 0. The van der Waals surface area contributed by atoms with Crippen LogP contribution in [0.1, 0.15) is 22.7 Å². The van der Waals surface area contributed by atoms with Crippen LogP contribution in [-0.2, 0) is 12.8 Å². The molecule has 0 saturated heterocycles. The number of benzene rings is 2. The largest absolute Gasteiger partial charge is 0.493 e. The summed E-state index contributed by atoms with van der Waals surface area (Å²) in [6.45, 7) is 1.12. The summed E-state index contributed by atoms with van der Waals surface area (Å²) in [6.07, 6.45) is 2.03. The van der Waals surface area contributed by atoms with E-state index in [1.54, 1.807) is 28.4 Å². The number of quaternary nitrogens is 1. The van der Waals surface area contributed by atoms with Gasteiger partial charge in [0.25, 0.3) is 0 Å². The summed E-state index contributed by atoms with van der Waals surface area (Å²) in [6, 6.07) is 6.76. The van der Waals surface area contributed by atoms with Crippen LogP contribution in [-0.4, -0.2) is 42.0 Å². The van der Waals surface area contributed by atoms with E-state index in [9.17, 15) is 0 Å². The van der Waals surface area contributed by atoms with E-state index in [1.165, 1.54) is 21.6 Å². The van der Waals surface area contributed by atoms with Gasteiger partial charge in [0.2, 0.25) is 0 Å². The molecular weight excluding hydrogens is 410 g/mol. The average molecular weight is 437 g/mol. The normalized spacial score (nSPS) is 19.3. The maximum Gasteiger partial charge on any atom is 0.169 e. The molecule has 0 aromatic heterocycles. The number of hydrogen-bond acceptors (Lipinski definition) is 4. The van der Waals surface area contributed by atoms with Gasteiger partial charge in [0, 0.05) is 24.0 Å². The number of rotatable bonds is 4. The zero-order chi connectivity index (χ0) is 18.4. The van der Waals surface area contributed by atoms with Gasteiger partial charge >= 0.3 is 0 Å². The Balaban J connectivity index is 0.00000210. The Morgan fingerprint density at radius 3 is 2.11 bits per heavy atom. The van der Waals surface area contributed by atoms with E-state index >= 15 is 0 Å². The van der Waals surface area contributed by atoms with Gasteiger partial charge in [-0.3, -0.25) is 0 Å². The highest BCUT2D eigenvalue weighted by atomic mass is 79.9. The smallest absolute Gasteiger partial charge is 0.169 e. The SMILES string of the molecule is Br.COc1cc2c(cc1OC)-c1c(OC)c(OC)cc3c1[C@H](C2)[NH+](C)CC3. The molecule has 146 valence electrons. The first-order chi connectivity index (χ1) is 12.6. The number of ether oxygens (including phenoxy) is 4. The molecule has 2 aromatic carbocycles. The zero-order valence-electron chi connectivity index (χ0n) is 16.5. The fourth-order valence-corrected chi connectivity index (χ4v) is 4.51. The molecule has 1 heterocycles. The van der Waals surface area contributed by atoms with Crippen molar-refractivity contribution >= 4 is 17.0 Å². The quantitative estimate of drug-likeness (QED) is 0.799. The van der Waals surface area contributed by atoms with Crippen molar-refractivity contribution in [2.75, 3.05) is 42.0 Å². The van der Waals surface area contributed by atoms with Crippen molar-refractivity contribution in [2.45, 2.75) is 18.9 Å². The molecule has 6 heteroatoms. The Bertz CT molecular complexity index is 868. The van der Waals surface area contributed by atoms with Crippen LogP contribution in [0.15, 0.2) is 18.2 Å². The van der Waals surface area contributed by atoms with Gasteiger partial charge in [0.05, 0.1) is 42.0 Å². The average Bonchev–Trinajstić information content (AvgIpc) is 2.68. The van der Waals surface area contributed by atoms with E-state index in [0.717, 1.165) is 53.5 Å². The van der Waals surface area contributed by atoms with Crippen LogP contribution < -0.4 is 23.8 Å². The van der Waals surface area contributed by atoms with E-state index in [2.05, 4.69) is 25.2 Å². The lowest BCUT2D eigenvalue weighted by atomic mass is 9.76. The molecule has 2 aliphatic rings. The molecule has 0 spiro atoms. The summed E-state index contributed by atoms with van der Waals surface area (Å²) < 4.78 is 22.6. The van der Waals surface area contributed by atoms with Crippen molar-refractivity contribution in [3.05, 3.63) is 34.9 Å². The molecule has 0 bridgehead atoms. The minimum absolute atomic E-state index is 0. The fraction of sp³-hybridized carbons (Fsp3) is 0.429. The van der Waals surface area contributed by atoms with Crippen LogP contribution in [0.25, 0.3) is 11.1 Å². The van der Waals surface area contributed by atoms with Crippen LogP contribution in [0.3, 0.4) is 0 Å². The standard InChI is InChI=1S/C21H25NO4.BrH/c1-22-7-6-12-9-18(25-4)21(26-5)20-14-11-17(24-3)16(23-2)10-13(14)8-15(22)19(12)20;/h9-11,15H,6-8H2,1-5H3;1H/p+1/t15-;/m0./s1. The molecule has 1 aliphatic carbocycles. The minimum atomic E-state index is 0. The molecule has 1 aliphatic heterocycles. The Morgan fingerprint density at radius 2 is 1.48 bits per heavy atom. The van der Waals surface area contributed by atoms with Crippen molar-refractivity contribution < 1.29 is 23.8 Å². The molecule has 0 radical (unpaired) electrons. The van der Waals surface area contributed by atoms with Gasteiger partial charge in [-0.05, 0) is 34.9 Å². The summed E-state index contributed by atoms with van der Waals surface area (Å²) >= 11 is 0. The molecule has 0 saturated carbocycles. The van der Waals surface area contributed by atoms with E-state index in [4.69, 9.17) is 18.9 Å². The molecule has 2 atom stereocenters. The van der Waals surface area contributed by atoms with E-state index in [1.807, 2.05) is 0 Å². The van der Waals surface area contributed by atoms with Gasteiger partial charge in [-0.15, -0.1) is 17.0 Å². The van der Waals surface area contributed by atoms with Gasteiger partial charge in [0.1, 0.15) is 6.04 Å². The van der Waals surface area contributed by atoms with Gasteiger partial charge in [0.15, 0.2) is 23.0 Å². The zero-order valence-corrected chi connectivity index (χ0v) is 18.2. The topological polar surface area (TPSA) is 41.4 Å². The fourth-order valence-electron chi connectivity index (χ4n) is 4.51. The maximum atomic E-state index is 5.82. The molecule has 0 amide bonds. The molecule has 0 fully saturated rings. The van der Waals surface area contributed by atoms with Crippen LogP contribution in [0.2, 0.25) is 0 Å². The second-order valence-corrected chi connectivity index (χ2v) is 7.03. The van der Waals surface area contributed by atoms with Gasteiger partial charge < -0.3 is 23.8 Å². The predicted octanol–water partition coefficient (Wildman–Crippen LogP) is 2.63. The summed E-state index contributed by atoms with van der Waals surface area (Å²) in [5.74, 6) is 3.10. The van der Waals surface area contributed by atoms with Crippen molar-refractivity contribution in [3.63, 3.8) is 0 Å². The second kappa shape index (κ2) is 7.60. The lowest BCUT2D eigenvalue weighted by Gasteiger charge is -2.38. The number of hydrogen-bond donors (Lipinski definition) is 1. The van der Waals surface area contributed by atoms with Crippen molar-refractivity contribution in [1.82, 2.24) is 0 Å². The lowest BCUT2D eigenvalue weighted by molar-refractivity contribution is -0.914. The molecule has 4 rings (SSSR count). The third-order valence-electron chi connectivity index (χ3n) is 5.83. The highest BCUT2D eigenvalue weighted by molar-refractivity contribution is 8.93. The Labute approximate surface area is 170 Å². The molecule has 1 N–H and O–H groups in total. The lowest BCUT2D eigenvalue weighted by Crippen LogP contribution is -3.10. The number of methoxy groups -OCH3 is 4. The van der Waals surface area contributed by atoms with Crippen molar-refractivity contribution in [3.8, 4) is 34.1 Å². The highest BCUT2D eigenvalue weighted by Crippen LogP contribution is 2.51. The molecule has 2 aromatic rings. The van der Waals surface area contributed by atoms with Crippen molar-refractivity contribution in [2.24, 2.45) is 0 Å². The highest BCUT2D eigenvalue weighted by Gasteiger charge is 2.39. The van der Waals surface area contributed by atoms with E-state index < -0.39 is 0 Å². The van der Waals surface area contributed by atoms with Gasteiger partial charge in [-0.25, -0.2) is 0 Å². The first-order valence-corrected chi connectivity index (χ1v) is 8.98. The van der Waals surface area contributed by atoms with Gasteiger partial charge in [-0.1, -0.05) is 0 Å². The van der Waals surface area contributed by atoms with Crippen molar-refractivity contribution in [1.29, 1.82) is 0 Å². The van der Waals surface area contributed by atoms with Crippen LogP contribution in [0.4, 0.5) is 0 Å². The Kier molecular flexibility index (Phi) is 5.58. The molecule has 27 heavy (non-hydrogen) atoms.